The number of anilines is 2. The van der Waals surface area contributed by atoms with Crippen molar-refractivity contribution in [1.82, 2.24) is 14.7 Å². The Balaban J connectivity index is 1.19. The van der Waals surface area contributed by atoms with E-state index in [1.807, 2.05) is 31.2 Å². The largest absolute Gasteiger partial charge is 0.492 e. The van der Waals surface area contributed by atoms with Gasteiger partial charge in [0.05, 0.1) is 37.1 Å². The number of hydrogen-bond acceptors (Lipinski definition) is 6. The summed E-state index contributed by atoms with van der Waals surface area (Å²) < 4.78 is 26.2. The predicted molar refractivity (Wildman–Crippen MR) is 129 cm³/mol. The first-order chi connectivity index (χ1) is 16.9. The molecule has 2 heterocycles. The molecule has 4 rings (SSSR count). The molecule has 10 heteroatoms. The van der Waals surface area contributed by atoms with Crippen LogP contribution in [0, 0.1) is 12.7 Å². The standard InChI is InChI=1S/C25H28FN5O4/c1-17-3-6-20(7-4-17)34-10-9-30(2)25(33)16-31-15-19(13-28-31)29-24(32)12-21-14-27-22-11-18(26)5-8-23(22)35-21/h3-8,11,13,15,21,27H,9-10,12,14,16H2,1-2H3,(H,29,32). The zero-order valence-corrected chi connectivity index (χ0v) is 19.7. The molecule has 2 amide bonds. The van der Waals surface area contributed by atoms with Crippen LogP contribution in [0.3, 0.4) is 0 Å². The first-order valence-corrected chi connectivity index (χ1v) is 11.3. The minimum atomic E-state index is -0.389. The lowest BCUT2D eigenvalue weighted by molar-refractivity contribution is -0.131. The van der Waals surface area contributed by atoms with E-state index in [0.29, 0.717) is 36.8 Å². The van der Waals surface area contributed by atoms with Crippen LogP contribution in [0.2, 0.25) is 0 Å². The van der Waals surface area contributed by atoms with Crippen molar-refractivity contribution in [2.24, 2.45) is 0 Å². The van der Waals surface area contributed by atoms with Crippen molar-refractivity contribution in [3.05, 3.63) is 66.2 Å². The van der Waals surface area contributed by atoms with Gasteiger partial charge in [-0.15, -0.1) is 0 Å². The molecule has 3 aromatic rings. The number of likely N-dealkylation sites (N-methyl/N-ethyl adjacent to an activating group) is 1. The summed E-state index contributed by atoms with van der Waals surface area (Å²) in [5.74, 6) is 0.536. The van der Waals surface area contributed by atoms with Gasteiger partial charge < -0.3 is 25.0 Å². The molecule has 0 spiro atoms. The molecular weight excluding hydrogens is 453 g/mol. The second-order valence-corrected chi connectivity index (χ2v) is 8.42. The number of carbonyl (C=O) groups excluding carboxylic acids is 2. The highest BCUT2D eigenvalue weighted by molar-refractivity contribution is 5.91. The van der Waals surface area contributed by atoms with Crippen molar-refractivity contribution >= 4 is 23.2 Å². The Labute approximate surface area is 202 Å². The number of fused-ring (bicyclic) bond motifs is 1. The molecule has 184 valence electrons. The topological polar surface area (TPSA) is 97.7 Å². The SMILES string of the molecule is Cc1ccc(OCCN(C)C(=O)Cn2cc(NC(=O)CC3CNc4cc(F)ccc4O3)cn2)cc1. The molecule has 0 bridgehead atoms. The summed E-state index contributed by atoms with van der Waals surface area (Å²) in [5, 5.41) is 10.00. The Morgan fingerprint density at radius 2 is 2.09 bits per heavy atom. The van der Waals surface area contributed by atoms with Gasteiger partial charge in [0, 0.05) is 19.3 Å². The lowest BCUT2D eigenvalue weighted by atomic mass is 10.1. The number of carbonyl (C=O) groups is 2. The fourth-order valence-corrected chi connectivity index (χ4v) is 3.55. The average molecular weight is 482 g/mol. The van der Waals surface area contributed by atoms with Crippen LogP contribution in [-0.2, 0) is 16.1 Å². The summed E-state index contributed by atoms with van der Waals surface area (Å²) in [6, 6.07) is 11.9. The van der Waals surface area contributed by atoms with Crippen molar-refractivity contribution in [3.63, 3.8) is 0 Å². The molecule has 0 saturated heterocycles. The molecule has 1 atom stereocenters. The maximum Gasteiger partial charge on any atom is 0.244 e. The molecule has 1 aliphatic heterocycles. The highest BCUT2D eigenvalue weighted by Gasteiger charge is 2.22. The quantitative estimate of drug-likeness (QED) is 0.488. The van der Waals surface area contributed by atoms with E-state index in [0.717, 1.165) is 11.3 Å². The number of aromatic nitrogens is 2. The maximum absolute atomic E-state index is 13.3. The van der Waals surface area contributed by atoms with Crippen LogP contribution >= 0.6 is 0 Å². The minimum absolute atomic E-state index is 0.0416. The van der Waals surface area contributed by atoms with Crippen LogP contribution in [0.15, 0.2) is 54.9 Å². The average Bonchev–Trinajstić information content (AvgIpc) is 3.26. The number of hydrogen-bond donors (Lipinski definition) is 2. The Morgan fingerprint density at radius 3 is 2.89 bits per heavy atom. The second-order valence-electron chi connectivity index (χ2n) is 8.42. The Kier molecular flexibility index (Phi) is 7.49. The summed E-state index contributed by atoms with van der Waals surface area (Å²) in [6.07, 6.45) is 2.81. The fraction of sp³-hybridized carbons (Fsp3) is 0.320. The van der Waals surface area contributed by atoms with E-state index >= 15 is 0 Å². The van der Waals surface area contributed by atoms with E-state index in [1.54, 1.807) is 18.1 Å². The molecule has 0 radical (unpaired) electrons. The van der Waals surface area contributed by atoms with E-state index in [4.69, 9.17) is 9.47 Å². The van der Waals surface area contributed by atoms with Gasteiger partial charge in [0.15, 0.2) is 0 Å². The zero-order chi connectivity index (χ0) is 24.8. The third-order valence-electron chi connectivity index (χ3n) is 5.52. The zero-order valence-electron chi connectivity index (χ0n) is 19.7. The number of halogens is 1. The van der Waals surface area contributed by atoms with Crippen LogP contribution in [0.1, 0.15) is 12.0 Å². The third kappa shape index (κ3) is 6.72. The fourth-order valence-electron chi connectivity index (χ4n) is 3.55. The first kappa shape index (κ1) is 24.1. The van der Waals surface area contributed by atoms with Crippen LogP contribution in [0.25, 0.3) is 0 Å². The van der Waals surface area contributed by atoms with Crippen LogP contribution in [0.4, 0.5) is 15.8 Å². The van der Waals surface area contributed by atoms with Crippen LogP contribution in [-0.4, -0.2) is 59.3 Å². The van der Waals surface area contributed by atoms with Gasteiger partial charge in [0.1, 0.15) is 36.6 Å². The molecule has 35 heavy (non-hydrogen) atoms. The number of benzene rings is 2. The predicted octanol–water partition coefficient (Wildman–Crippen LogP) is 3.07. The third-order valence-corrected chi connectivity index (χ3v) is 5.52. The molecule has 1 aliphatic rings. The van der Waals surface area contributed by atoms with E-state index < -0.39 is 0 Å². The highest BCUT2D eigenvalue weighted by atomic mass is 19.1. The lowest BCUT2D eigenvalue weighted by Crippen LogP contribution is -2.34. The summed E-state index contributed by atoms with van der Waals surface area (Å²) in [5.41, 5.74) is 2.21. The van der Waals surface area contributed by atoms with Gasteiger partial charge in [-0.1, -0.05) is 17.7 Å². The lowest BCUT2D eigenvalue weighted by Gasteiger charge is -2.27. The molecular formula is C25H28FN5O4. The van der Waals surface area contributed by atoms with Crippen molar-refractivity contribution < 1.29 is 23.5 Å². The monoisotopic (exact) mass is 481 g/mol. The van der Waals surface area contributed by atoms with E-state index in [9.17, 15) is 14.0 Å². The first-order valence-electron chi connectivity index (χ1n) is 11.3. The van der Waals surface area contributed by atoms with Crippen LogP contribution in [0.5, 0.6) is 11.5 Å². The Bertz CT molecular complexity index is 1180. The van der Waals surface area contributed by atoms with Gasteiger partial charge in [-0.3, -0.25) is 14.3 Å². The van der Waals surface area contributed by atoms with Crippen molar-refractivity contribution in [2.45, 2.75) is 26.0 Å². The maximum atomic E-state index is 13.3. The number of nitrogens with zero attached hydrogens (tertiary/aromatic N) is 3. The van der Waals surface area contributed by atoms with Gasteiger partial charge in [0.2, 0.25) is 11.8 Å². The van der Waals surface area contributed by atoms with Gasteiger partial charge in [-0.2, -0.15) is 5.10 Å². The number of rotatable bonds is 9. The Hall–Kier alpha value is -4.08. The number of aryl methyl sites for hydroxylation is 1. The summed E-state index contributed by atoms with van der Waals surface area (Å²) in [4.78, 5) is 26.5. The summed E-state index contributed by atoms with van der Waals surface area (Å²) >= 11 is 0. The Morgan fingerprint density at radius 1 is 1.29 bits per heavy atom. The van der Waals surface area contributed by atoms with Crippen molar-refractivity contribution in [2.75, 3.05) is 37.4 Å². The van der Waals surface area contributed by atoms with Crippen molar-refractivity contribution in [1.29, 1.82) is 0 Å². The van der Waals surface area contributed by atoms with E-state index in [1.165, 1.54) is 29.1 Å². The highest BCUT2D eigenvalue weighted by Crippen LogP contribution is 2.30. The van der Waals surface area contributed by atoms with Gasteiger partial charge in [-0.05, 0) is 31.2 Å². The van der Waals surface area contributed by atoms with E-state index in [-0.39, 0.29) is 36.7 Å². The number of nitrogens with one attached hydrogen (secondary N) is 2. The van der Waals surface area contributed by atoms with Gasteiger partial charge >= 0.3 is 0 Å². The van der Waals surface area contributed by atoms with Gasteiger partial charge in [0.25, 0.3) is 0 Å². The molecule has 2 aromatic carbocycles. The molecule has 9 nitrogen and oxygen atoms in total. The number of amides is 2. The van der Waals surface area contributed by atoms with E-state index in [2.05, 4.69) is 15.7 Å². The minimum Gasteiger partial charge on any atom is -0.492 e. The second kappa shape index (κ2) is 10.9. The summed E-state index contributed by atoms with van der Waals surface area (Å²) in [6.45, 7) is 3.25. The molecule has 1 unspecified atom stereocenters. The molecule has 0 saturated carbocycles. The van der Waals surface area contributed by atoms with Crippen LogP contribution < -0.4 is 20.1 Å². The number of ether oxygens (including phenoxy) is 2. The normalized spacial score (nSPS) is 14.3. The molecule has 1 aromatic heterocycles. The summed E-state index contributed by atoms with van der Waals surface area (Å²) in [7, 11) is 1.71. The van der Waals surface area contributed by atoms with Crippen molar-refractivity contribution in [3.8, 4) is 11.5 Å². The molecule has 0 fully saturated rings. The smallest absolute Gasteiger partial charge is 0.244 e. The molecule has 0 aliphatic carbocycles. The van der Waals surface area contributed by atoms with Gasteiger partial charge in [-0.25, -0.2) is 4.39 Å². The molecule has 2 N–H and O–H groups in total.